The van der Waals surface area contributed by atoms with E-state index < -0.39 is 0 Å². The van der Waals surface area contributed by atoms with Crippen molar-refractivity contribution in [2.75, 3.05) is 11.4 Å². The van der Waals surface area contributed by atoms with Crippen LogP contribution in [0.1, 0.15) is 50.5 Å². The van der Waals surface area contributed by atoms with Crippen molar-refractivity contribution in [1.82, 2.24) is 5.32 Å². The summed E-state index contributed by atoms with van der Waals surface area (Å²) in [7, 11) is 0. The van der Waals surface area contributed by atoms with Crippen molar-refractivity contribution in [1.29, 1.82) is 0 Å². The van der Waals surface area contributed by atoms with Gasteiger partial charge in [-0.2, -0.15) is 0 Å². The van der Waals surface area contributed by atoms with Gasteiger partial charge < -0.3 is 16.0 Å². The predicted octanol–water partition coefficient (Wildman–Crippen LogP) is 2.76. The Bertz CT molecular complexity index is 591. The van der Waals surface area contributed by atoms with Gasteiger partial charge in [-0.3, -0.25) is 9.59 Å². The standard InChI is InChI=1S/C19H27N3O2.ClH/c20-17-5-3-4-15(17)12-18(23)21-13-14-7-9-16(10-8-14)22-11-2-1-6-19(22)24;/h7-10,15,17H,1-6,11-13,20H2,(H,21,23);1H/t15-,17+;/m0./s1. The minimum atomic E-state index is 0. The molecule has 2 amide bonds. The highest BCUT2D eigenvalue weighted by Gasteiger charge is 2.25. The third kappa shape index (κ3) is 5.19. The highest BCUT2D eigenvalue weighted by Crippen LogP contribution is 2.26. The second-order valence-electron chi connectivity index (χ2n) is 7.00. The highest BCUT2D eigenvalue weighted by atomic mass is 35.5. The quantitative estimate of drug-likeness (QED) is 0.842. The van der Waals surface area contributed by atoms with Crippen LogP contribution in [-0.4, -0.2) is 24.4 Å². The van der Waals surface area contributed by atoms with Crippen LogP contribution in [0.4, 0.5) is 5.69 Å². The summed E-state index contributed by atoms with van der Waals surface area (Å²) in [5, 5.41) is 2.98. The summed E-state index contributed by atoms with van der Waals surface area (Å²) in [4.78, 5) is 25.9. The average molecular weight is 366 g/mol. The molecule has 25 heavy (non-hydrogen) atoms. The SMILES string of the molecule is Cl.N[C@@H]1CCC[C@H]1CC(=O)NCc1ccc(N2CCCCC2=O)cc1. The first-order chi connectivity index (χ1) is 11.6. The van der Waals surface area contributed by atoms with Gasteiger partial charge in [0.25, 0.3) is 0 Å². The number of piperidine rings is 1. The molecule has 3 N–H and O–H groups in total. The molecule has 0 spiro atoms. The summed E-state index contributed by atoms with van der Waals surface area (Å²) in [5.74, 6) is 0.611. The minimum absolute atomic E-state index is 0. The monoisotopic (exact) mass is 365 g/mol. The van der Waals surface area contributed by atoms with Crippen LogP contribution in [0.15, 0.2) is 24.3 Å². The number of nitrogens with one attached hydrogen (secondary N) is 1. The molecule has 1 heterocycles. The molecule has 1 saturated carbocycles. The summed E-state index contributed by atoms with van der Waals surface area (Å²) in [6.45, 7) is 1.32. The molecule has 1 aromatic carbocycles. The van der Waals surface area contributed by atoms with Crippen LogP contribution in [0.25, 0.3) is 0 Å². The third-order valence-electron chi connectivity index (χ3n) is 5.23. The molecular weight excluding hydrogens is 338 g/mol. The molecular formula is C19H28ClN3O2. The summed E-state index contributed by atoms with van der Waals surface area (Å²) < 4.78 is 0. The topological polar surface area (TPSA) is 75.4 Å². The zero-order chi connectivity index (χ0) is 16.9. The van der Waals surface area contributed by atoms with E-state index in [1.54, 1.807) is 0 Å². The van der Waals surface area contributed by atoms with Gasteiger partial charge in [-0.15, -0.1) is 12.4 Å². The van der Waals surface area contributed by atoms with Crippen LogP contribution in [0.3, 0.4) is 0 Å². The lowest BCUT2D eigenvalue weighted by Crippen LogP contribution is -2.35. The fourth-order valence-electron chi connectivity index (χ4n) is 3.70. The normalized spacial score (nSPS) is 23.2. The van der Waals surface area contributed by atoms with Crippen molar-refractivity contribution in [2.45, 2.75) is 57.5 Å². The number of hydrogen-bond acceptors (Lipinski definition) is 3. The Morgan fingerprint density at radius 3 is 2.56 bits per heavy atom. The first-order valence-electron chi connectivity index (χ1n) is 9.05. The van der Waals surface area contributed by atoms with Gasteiger partial charge in [-0.05, 0) is 49.3 Å². The number of nitrogens with zero attached hydrogens (tertiary/aromatic N) is 1. The van der Waals surface area contributed by atoms with Gasteiger partial charge in [-0.1, -0.05) is 18.6 Å². The molecule has 138 valence electrons. The molecule has 2 fully saturated rings. The number of nitrogens with two attached hydrogens (primary N) is 1. The maximum atomic E-state index is 12.1. The zero-order valence-electron chi connectivity index (χ0n) is 14.6. The Labute approximate surface area is 155 Å². The van der Waals surface area contributed by atoms with Gasteiger partial charge >= 0.3 is 0 Å². The summed E-state index contributed by atoms with van der Waals surface area (Å²) in [6.07, 6.45) is 6.46. The Kier molecular flexibility index (Phi) is 7.26. The molecule has 1 aromatic rings. The average Bonchev–Trinajstić information content (AvgIpc) is 2.99. The Morgan fingerprint density at radius 2 is 1.92 bits per heavy atom. The van der Waals surface area contributed by atoms with E-state index >= 15 is 0 Å². The largest absolute Gasteiger partial charge is 0.352 e. The predicted molar refractivity (Wildman–Crippen MR) is 102 cm³/mol. The van der Waals surface area contributed by atoms with E-state index in [-0.39, 0.29) is 30.3 Å². The lowest BCUT2D eigenvalue weighted by atomic mass is 10.00. The maximum absolute atomic E-state index is 12.1. The molecule has 6 heteroatoms. The zero-order valence-corrected chi connectivity index (χ0v) is 15.4. The number of carbonyl (C=O) groups excluding carboxylic acids is 2. The van der Waals surface area contributed by atoms with E-state index in [0.717, 1.165) is 49.9 Å². The van der Waals surface area contributed by atoms with Crippen molar-refractivity contribution in [3.63, 3.8) is 0 Å². The lowest BCUT2D eigenvalue weighted by molar-refractivity contribution is -0.122. The summed E-state index contributed by atoms with van der Waals surface area (Å²) >= 11 is 0. The molecule has 0 radical (unpaired) electrons. The molecule has 5 nitrogen and oxygen atoms in total. The highest BCUT2D eigenvalue weighted by molar-refractivity contribution is 5.93. The molecule has 1 aliphatic heterocycles. The number of carbonyl (C=O) groups is 2. The number of anilines is 1. The van der Waals surface area contributed by atoms with Crippen molar-refractivity contribution >= 4 is 29.9 Å². The van der Waals surface area contributed by atoms with Crippen molar-refractivity contribution in [3.05, 3.63) is 29.8 Å². The van der Waals surface area contributed by atoms with Crippen LogP contribution >= 0.6 is 12.4 Å². The molecule has 0 unspecified atom stereocenters. The minimum Gasteiger partial charge on any atom is -0.352 e. The molecule has 1 aliphatic carbocycles. The van der Waals surface area contributed by atoms with Crippen LogP contribution in [-0.2, 0) is 16.1 Å². The van der Waals surface area contributed by atoms with E-state index in [1.807, 2.05) is 29.2 Å². The van der Waals surface area contributed by atoms with Gasteiger partial charge in [0, 0.05) is 37.7 Å². The van der Waals surface area contributed by atoms with Crippen LogP contribution in [0.2, 0.25) is 0 Å². The Balaban J connectivity index is 0.00000225. The van der Waals surface area contributed by atoms with Gasteiger partial charge in [0.2, 0.25) is 11.8 Å². The van der Waals surface area contributed by atoms with Gasteiger partial charge in [0.15, 0.2) is 0 Å². The van der Waals surface area contributed by atoms with E-state index in [4.69, 9.17) is 5.73 Å². The van der Waals surface area contributed by atoms with Crippen LogP contribution in [0, 0.1) is 5.92 Å². The summed E-state index contributed by atoms with van der Waals surface area (Å²) in [5.41, 5.74) is 8.02. The smallest absolute Gasteiger partial charge is 0.226 e. The maximum Gasteiger partial charge on any atom is 0.226 e. The molecule has 1 saturated heterocycles. The number of halogens is 1. The lowest BCUT2D eigenvalue weighted by Gasteiger charge is -2.26. The second-order valence-corrected chi connectivity index (χ2v) is 7.00. The second kappa shape index (κ2) is 9.20. The number of hydrogen-bond donors (Lipinski definition) is 2. The fraction of sp³-hybridized carbons (Fsp3) is 0.579. The Hall–Kier alpha value is -1.59. The van der Waals surface area contributed by atoms with Gasteiger partial charge in [-0.25, -0.2) is 0 Å². The van der Waals surface area contributed by atoms with Crippen LogP contribution < -0.4 is 16.0 Å². The number of benzene rings is 1. The van der Waals surface area contributed by atoms with Gasteiger partial charge in [0.05, 0.1) is 0 Å². The Morgan fingerprint density at radius 1 is 1.16 bits per heavy atom. The van der Waals surface area contributed by atoms with Crippen molar-refractivity contribution in [2.24, 2.45) is 11.7 Å². The third-order valence-corrected chi connectivity index (χ3v) is 5.23. The molecule has 2 aliphatic rings. The van der Waals surface area contributed by atoms with E-state index in [0.29, 0.717) is 25.3 Å². The number of rotatable bonds is 5. The molecule has 2 atom stereocenters. The van der Waals surface area contributed by atoms with Gasteiger partial charge in [0.1, 0.15) is 0 Å². The summed E-state index contributed by atoms with van der Waals surface area (Å²) in [6, 6.07) is 8.09. The van der Waals surface area contributed by atoms with Crippen molar-refractivity contribution in [3.8, 4) is 0 Å². The molecule has 0 bridgehead atoms. The van der Waals surface area contributed by atoms with E-state index in [1.165, 1.54) is 0 Å². The first kappa shape index (κ1) is 19.7. The van der Waals surface area contributed by atoms with Crippen LogP contribution in [0.5, 0.6) is 0 Å². The molecule has 3 rings (SSSR count). The van der Waals surface area contributed by atoms with E-state index in [9.17, 15) is 9.59 Å². The first-order valence-corrected chi connectivity index (χ1v) is 9.05. The fourth-order valence-corrected chi connectivity index (χ4v) is 3.70. The van der Waals surface area contributed by atoms with E-state index in [2.05, 4.69) is 5.32 Å². The molecule has 0 aromatic heterocycles. The number of amides is 2. The van der Waals surface area contributed by atoms with Crippen molar-refractivity contribution < 1.29 is 9.59 Å².